The highest BCUT2D eigenvalue weighted by molar-refractivity contribution is 7.15. The van der Waals surface area contributed by atoms with Gasteiger partial charge in [0.15, 0.2) is 5.65 Å². The maximum Gasteiger partial charge on any atom is 0.254 e. The summed E-state index contributed by atoms with van der Waals surface area (Å²) in [5, 5.41) is 8.49. The van der Waals surface area contributed by atoms with Crippen molar-refractivity contribution in [3.05, 3.63) is 34.8 Å². The molecule has 0 spiro atoms. The molecule has 0 unspecified atom stereocenters. The average molecular weight is 452 g/mol. The molecule has 2 aliphatic rings. The Balaban J connectivity index is 1.42. The minimum Gasteiger partial charge on any atom is -0.353 e. The number of hydrogen-bond acceptors (Lipinski definition) is 5. The molecule has 0 bridgehead atoms. The van der Waals surface area contributed by atoms with Gasteiger partial charge < -0.3 is 10.2 Å². The van der Waals surface area contributed by atoms with Crippen molar-refractivity contribution in [1.82, 2.24) is 25.0 Å². The second-order valence-electron chi connectivity index (χ2n) is 9.23. The van der Waals surface area contributed by atoms with Crippen molar-refractivity contribution in [1.29, 1.82) is 0 Å². The number of amides is 2. The van der Waals surface area contributed by atoms with Gasteiger partial charge in [0.1, 0.15) is 0 Å². The van der Waals surface area contributed by atoms with E-state index < -0.39 is 0 Å². The zero-order valence-electron chi connectivity index (χ0n) is 18.8. The second kappa shape index (κ2) is 8.31. The van der Waals surface area contributed by atoms with Crippen LogP contribution in [0.5, 0.6) is 0 Å². The van der Waals surface area contributed by atoms with Gasteiger partial charge in [0, 0.05) is 36.0 Å². The first-order chi connectivity index (χ1) is 15.4. The van der Waals surface area contributed by atoms with E-state index in [-0.39, 0.29) is 29.8 Å². The minimum absolute atomic E-state index is 0.0159. The number of likely N-dealkylation sites (tertiary alicyclic amines) is 1. The van der Waals surface area contributed by atoms with E-state index in [9.17, 15) is 9.59 Å². The number of carbonyl (C=O) groups excluding carboxylic acids is 2. The lowest BCUT2D eigenvalue weighted by Gasteiger charge is -2.32. The van der Waals surface area contributed by atoms with Crippen LogP contribution in [0.4, 0.5) is 0 Å². The molecule has 3 aromatic rings. The number of piperidine rings is 1. The Bertz CT molecular complexity index is 1170. The molecular formula is C24H29N5O2S. The molecule has 168 valence electrons. The zero-order valence-corrected chi connectivity index (χ0v) is 19.6. The predicted octanol–water partition coefficient (Wildman–Crippen LogP) is 4.18. The third-order valence-corrected chi connectivity index (χ3v) is 7.38. The number of hydrogen-bond donors (Lipinski definition) is 1. The van der Waals surface area contributed by atoms with Crippen LogP contribution < -0.4 is 5.32 Å². The van der Waals surface area contributed by atoms with E-state index in [2.05, 4.69) is 43.3 Å². The lowest BCUT2D eigenvalue weighted by atomic mass is 10.0. The van der Waals surface area contributed by atoms with Crippen molar-refractivity contribution in [3.63, 3.8) is 0 Å². The Morgan fingerprint density at radius 3 is 2.53 bits per heavy atom. The molecule has 1 N–H and O–H groups in total. The van der Waals surface area contributed by atoms with Crippen molar-refractivity contribution in [2.75, 3.05) is 13.1 Å². The summed E-state index contributed by atoms with van der Waals surface area (Å²) < 4.78 is 1.88. The van der Waals surface area contributed by atoms with Crippen LogP contribution in [0.3, 0.4) is 0 Å². The van der Waals surface area contributed by atoms with Gasteiger partial charge in [-0.25, -0.2) is 9.67 Å². The summed E-state index contributed by atoms with van der Waals surface area (Å²) in [6, 6.07) is 6.37. The van der Waals surface area contributed by atoms with Crippen LogP contribution in [0.15, 0.2) is 24.4 Å². The van der Waals surface area contributed by atoms with E-state index in [4.69, 9.17) is 4.98 Å². The Morgan fingerprint density at radius 1 is 1.16 bits per heavy atom. The van der Waals surface area contributed by atoms with Crippen LogP contribution in [-0.4, -0.2) is 50.6 Å². The van der Waals surface area contributed by atoms with Crippen LogP contribution in [-0.2, 0) is 4.79 Å². The van der Waals surface area contributed by atoms with Crippen molar-refractivity contribution < 1.29 is 9.59 Å². The van der Waals surface area contributed by atoms with Crippen LogP contribution in [0.2, 0.25) is 0 Å². The molecule has 1 aliphatic carbocycles. The Kier molecular flexibility index (Phi) is 5.49. The van der Waals surface area contributed by atoms with Gasteiger partial charge in [0.25, 0.3) is 5.91 Å². The largest absolute Gasteiger partial charge is 0.353 e. The first-order valence-corrected chi connectivity index (χ1v) is 12.3. The summed E-state index contributed by atoms with van der Waals surface area (Å²) in [6.07, 6.45) is 5.37. The predicted molar refractivity (Wildman–Crippen MR) is 126 cm³/mol. The minimum atomic E-state index is 0.0159. The molecule has 0 aromatic carbocycles. The molecule has 4 heterocycles. The fourth-order valence-corrected chi connectivity index (χ4v) is 5.16. The SMILES string of the molecule is Cc1ccc(-c2cc(C(=O)N3CCC(NC(=O)C4CC4)CC3)c3cnn(C(C)C)c3n2)s1. The molecule has 1 saturated heterocycles. The molecular weight excluding hydrogens is 422 g/mol. The first kappa shape index (κ1) is 21.1. The smallest absolute Gasteiger partial charge is 0.254 e. The van der Waals surface area contributed by atoms with E-state index in [0.29, 0.717) is 18.7 Å². The van der Waals surface area contributed by atoms with Gasteiger partial charge in [-0.05, 0) is 64.7 Å². The quantitative estimate of drug-likeness (QED) is 0.631. The zero-order chi connectivity index (χ0) is 22.4. The highest BCUT2D eigenvalue weighted by atomic mass is 32.1. The van der Waals surface area contributed by atoms with E-state index in [1.54, 1.807) is 17.5 Å². The maximum atomic E-state index is 13.6. The third kappa shape index (κ3) is 4.03. The molecule has 0 radical (unpaired) electrons. The first-order valence-electron chi connectivity index (χ1n) is 11.5. The van der Waals surface area contributed by atoms with E-state index in [1.165, 1.54) is 4.88 Å². The van der Waals surface area contributed by atoms with Gasteiger partial charge >= 0.3 is 0 Å². The summed E-state index contributed by atoms with van der Waals surface area (Å²) in [5.74, 6) is 0.418. The van der Waals surface area contributed by atoms with Gasteiger partial charge in [-0.2, -0.15) is 5.10 Å². The fourth-order valence-electron chi connectivity index (χ4n) is 4.33. The lowest BCUT2D eigenvalue weighted by molar-refractivity contribution is -0.123. The lowest BCUT2D eigenvalue weighted by Crippen LogP contribution is -2.47. The summed E-state index contributed by atoms with van der Waals surface area (Å²) in [6.45, 7) is 7.49. The number of rotatable bonds is 5. The number of pyridine rings is 1. The molecule has 7 nitrogen and oxygen atoms in total. The summed E-state index contributed by atoms with van der Waals surface area (Å²) in [4.78, 5) is 34.7. The van der Waals surface area contributed by atoms with Crippen LogP contribution in [0.25, 0.3) is 21.6 Å². The van der Waals surface area contributed by atoms with Crippen LogP contribution >= 0.6 is 11.3 Å². The number of thiophene rings is 1. The van der Waals surface area contributed by atoms with Crippen molar-refractivity contribution in [2.24, 2.45) is 5.92 Å². The molecule has 32 heavy (non-hydrogen) atoms. The number of aromatic nitrogens is 3. The van der Waals surface area contributed by atoms with E-state index in [1.807, 2.05) is 15.6 Å². The number of nitrogens with one attached hydrogen (secondary N) is 1. The number of fused-ring (bicyclic) bond motifs is 1. The molecule has 0 atom stereocenters. The molecule has 8 heteroatoms. The second-order valence-corrected chi connectivity index (χ2v) is 10.5. The van der Waals surface area contributed by atoms with Crippen molar-refractivity contribution >= 4 is 34.2 Å². The van der Waals surface area contributed by atoms with E-state index in [0.717, 1.165) is 47.3 Å². The van der Waals surface area contributed by atoms with Crippen molar-refractivity contribution in [3.8, 4) is 10.6 Å². The molecule has 1 aliphatic heterocycles. The van der Waals surface area contributed by atoms with Crippen LogP contribution in [0.1, 0.15) is 60.8 Å². The third-order valence-electron chi connectivity index (χ3n) is 6.36. The Morgan fingerprint density at radius 2 is 1.91 bits per heavy atom. The molecule has 5 rings (SSSR count). The van der Waals surface area contributed by atoms with Gasteiger partial charge in [-0.3, -0.25) is 9.59 Å². The van der Waals surface area contributed by atoms with Gasteiger partial charge in [0.05, 0.1) is 27.7 Å². The number of nitrogens with zero attached hydrogens (tertiary/aromatic N) is 4. The standard InChI is InChI=1S/C24H29N5O2S/c1-14(2)29-22-19(13-25-29)18(12-20(27-22)21-7-4-15(3)32-21)24(31)28-10-8-17(9-11-28)26-23(30)16-5-6-16/h4,7,12-14,16-17H,5-6,8-11H2,1-3H3,(H,26,30). The normalized spacial score (nSPS) is 17.3. The highest BCUT2D eigenvalue weighted by Crippen LogP contribution is 2.32. The maximum absolute atomic E-state index is 13.6. The van der Waals surface area contributed by atoms with E-state index >= 15 is 0 Å². The molecule has 2 amide bonds. The summed E-state index contributed by atoms with van der Waals surface area (Å²) in [7, 11) is 0. The highest BCUT2D eigenvalue weighted by Gasteiger charge is 2.33. The van der Waals surface area contributed by atoms with Gasteiger partial charge in [0.2, 0.25) is 5.91 Å². The van der Waals surface area contributed by atoms with Gasteiger partial charge in [-0.15, -0.1) is 11.3 Å². The number of carbonyl (C=O) groups is 2. The summed E-state index contributed by atoms with van der Waals surface area (Å²) in [5.41, 5.74) is 2.22. The Hall–Kier alpha value is -2.74. The fraction of sp³-hybridized carbons (Fsp3) is 0.500. The van der Waals surface area contributed by atoms with Crippen molar-refractivity contribution in [2.45, 2.75) is 58.5 Å². The molecule has 2 fully saturated rings. The summed E-state index contributed by atoms with van der Waals surface area (Å²) >= 11 is 1.68. The Labute approximate surface area is 191 Å². The average Bonchev–Trinajstić information content (AvgIpc) is 3.40. The number of aryl methyl sites for hydroxylation is 1. The van der Waals surface area contributed by atoms with Gasteiger partial charge in [-0.1, -0.05) is 0 Å². The molecule has 1 saturated carbocycles. The molecule has 3 aromatic heterocycles. The topological polar surface area (TPSA) is 80.1 Å². The van der Waals surface area contributed by atoms with Crippen LogP contribution in [0, 0.1) is 12.8 Å². The monoisotopic (exact) mass is 451 g/mol.